The van der Waals surface area contributed by atoms with Gasteiger partial charge in [-0.1, -0.05) is 0 Å². The topological polar surface area (TPSA) is 58.8 Å². The highest BCUT2D eigenvalue weighted by molar-refractivity contribution is 5.64. The molecule has 0 bridgehead atoms. The molecule has 1 fully saturated rings. The number of methoxy groups -OCH3 is 1. The molecule has 0 unspecified atom stereocenters. The zero-order chi connectivity index (χ0) is 13.8. The summed E-state index contributed by atoms with van der Waals surface area (Å²) in [5.74, 6) is -0.334. The van der Waals surface area contributed by atoms with Crippen LogP contribution < -0.4 is 15.4 Å². The number of carbonyl (C=O) groups is 1. The predicted octanol–water partition coefficient (Wildman–Crippen LogP) is 0.737. The number of rotatable bonds is 4. The fraction of sp³-hybridized carbons (Fsp3) is 0.462. The van der Waals surface area contributed by atoms with Crippen LogP contribution >= 0.6 is 0 Å². The van der Waals surface area contributed by atoms with Crippen LogP contribution in [0.25, 0.3) is 0 Å². The van der Waals surface area contributed by atoms with Gasteiger partial charge in [0.1, 0.15) is 6.29 Å². The largest absolute Gasteiger partial charge is 0.492 e. The van der Waals surface area contributed by atoms with Crippen LogP contribution in [0, 0.1) is 5.82 Å². The lowest BCUT2D eigenvalue weighted by Gasteiger charge is -2.35. The van der Waals surface area contributed by atoms with E-state index in [4.69, 9.17) is 10.5 Å². The zero-order valence-corrected chi connectivity index (χ0v) is 10.9. The van der Waals surface area contributed by atoms with Crippen molar-refractivity contribution in [1.82, 2.24) is 4.90 Å². The smallest absolute Gasteiger partial charge is 0.190 e. The van der Waals surface area contributed by atoms with Gasteiger partial charge in [0.2, 0.25) is 0 Å². The third-order valence-electron chi connectivity index (χ3n) is 3.36. The first-order valence-corrected chi connectivity index (χ1v) is 6.20. The van der Waals surface area contributed by atoms with Gasteiger partial charge < -0.3 is 20.2 Å². The summed E-state index contributed by atoms with van der Waals surface area (Å²) in [6.45, 7) is 3.27. The Hall–Kier alpha value is -1.82. The normalized spacial score (nSPS) is 16.4. The number of piperazine rings is 1. The average Bonchev–Trinajstić information content (AvgIpc) is 2.41. The van der Waals surface area contributed by atoms with Gasteiger partial charge in [-0.3, -0.25) is 4.90 Å². The second kappa shape index (κ2) is 5.88. The lowest BCUT2D eigenvalue weighted by atomic mass is 10.2. The van der Waals surface area contributed by atoms with Crippen LogP contribution in [0.3, 0.4) is 0 Å². The van der Waals surface area contributed by atoms with Crippen molar-refractivity contribution < 1.29 is 13.9 Å². The van der Waals surface area contributed by atoms with Crippen molar-refractivity contribution in [3.05, 3.63) is 17.9 Å². The molecule has 1 aromatic rings. The first-order valence-electron chi connectivity index (χ1n) is 6.20. The molecule has 104 valence electrons. The number of hydrogen-bond donors (Lipinski definition) is 1. The van der Waals surface area contributed by atoms with Crippen LogP contribution in [0.1, 0.15) is 0 Å². The Morgan fingerprint density at radius 2 is 2.05 bits per heavy atom. The fourth-order valence-corrected chi connectivity index (χ4v) is 2.29. The van der Waals surface area contributed by atoms with Gasteiger partial charge in [-0.25, -0.2) is 4.39 Å². The molecular formula is C13H18FN3O2. The highest BCUT2D eigenvalue weighted by atomic mass is 19.1. The van der Waals surface area contributed by atoms with Gasteiger partial charge >= 0.3 is 0 Å². The molecule has 0 saturated carbocycles. The van der Waals surface area contributed by atoms with Crippen LogP contribution in [0.4, 0.5) is 15.8 Å². The van der Waals surface area contributed by atoms with Crippen molar-refractivity contribution in [2.75, 3.05) is 50.5 Å². The Labute approximate surface area is 111 Å². The number of nitrogens with two attached hydrogens (primary N) is 1. The van der Waals surface area contributed by atoms with Crippen molar-refractivity contribution in [3.8, 4) is 5.75 Å². The van der Waals surface area contributed by atoms with E-state index in [0.29, 0.717) is 31.0 Å². The number of carbonyl (C=O) groups excluding carboxylic acids is 1. The lowest BCUT2D eigenvalue weighted by Crippen LogP contribution is -2.47. The SMILES string of the molecule is COc1c(N)ccc(N2CCN(CC=O)CC2)c1F. The van der Waals surface area contributed by atoms with Gasteiger partial charge in [0, 0.05) is 26.2 Å². The fourth-order valence-electron chi connectivity index (χ4n) is 2.29. The monoisotopic (exact) mass is 267 g/mol. The number of nitrogen functional groups attached to an aromatic ring is 1. The summed E-state index contributed by atoms with van der Waals surface area (Å²) < 4.78 is 19.2. The van der Waals surface area contributed by atoms with E-state index in [1.54, 1.807) is 12.1 Å². The minimum atomic E-state index is -0.425. The van der Waals surface area contributed by atoms with E-state index >= 15 is 0 Å². The molecule has 1 heterocycles. The molecule has 0 aromatic heterocycles. The van der Waals surface area contributed by atoms with E-state index in [1.165, 1.54) is 7.11 Å². The summed E-state index contributed by atoms with van der Waals surface area (Å²) in [7, 11) is 1.40. The lowest BCUT2D eigenvalue weighted by molar-refractivity contribution is -0.108. The molecule has 19 heavy (non-hydrogen) atoms. The van der Waals surface area contributed by atoms with Gasteiger partial charge in [-0.2, -0.15) is 0 Å². The summed E-state index contributed by atoms with van der Waals surface area (Å²) in [5, 5.41) is 0. The Balaban J connectivity index is 2.13. The molecule has 2 N–H and O–H groups in total. The number of anilines is 2. The van der Waals surface area contributed by atoms with Crippen molar-refractivity contribution in [3.63, 3.8) is 0 Å². The molecule has 1 saturated heterocycles. The molecule has 1 aliphatic rings. The Morgan fingerprint density at radius 3 is 2.63 bits per heavy atom. The van der Waals surface area contributed by atoms with E-state index in [2.05, 4.69) is 0 Å². The van der Waals surface area contributed by atoms with E-state index in [-0.39, 0.29) is 5.75 Å². The second-order valence-corrected chi connectivity index (χ2v) is 4.48. The zero-order valence-electron chi connectivity index (χ0n) is 10.9. The number of hydrogen-bond acceptors (Lipinski definition) is 5. The Bertz CT molecular complexity index is 459. The summed E-state index contributed by atoms with van der Waals surface area (Å²) >= 11 is 0. The maximum Gasteiger partial charge on any atom is 0.190 e. The van der Waals surface area contributed by atoms with Crippen molar-refractivity contribution in [2.45, 2.75) is 0 Å². The molecule has 2 rings (SSSR count). The van der Waals surface area contributed by atoms with Gasteiger partial charge in [0.15, 0.2) is 11.6 Å². The van der Waals surface area contributed by atoms with Crippen LogP contribution in [-0.4, -0.2) is 51.0 Å². The minimum absolute atomic E-state index is 0.0906. The van der Waals surface area contributed by atoms with Gasteiger partial charge in [-0.05, 0) is 12.1 Å². The molecule has 6 heteroatoms. The average molecular weight is 267 g/mol. The second-order valence-electron chi connectivity index (χ2n) is 4.48. The third kappa shape index (κ3) is 2.78. The molecule has 5 nitrogen and oxygen atoms in total. The van der Waals surface area contributed by atoms with Crippen molar-refractivity contribution in [2.24, 2.45) is 0 Å². The molecule has 0 amide bonds. The van der Waals surface area contributed by atoms with E-state index in [1.807, 2.05) is 9.80 Å². The van der Waals surface area contributed by atoms with Gasteiger partial charge in [0.25, 0.3) is 0 Å². The molecule has 1 aromatic carbocycles. The first-order chi connectivity index (χ1) is 9.17. The van der Waals surface area contributed by atoms with Crippen LogP contribution in [0.2, 0.25) is 0 Å². The molecule has 0 atom stereocenters. The molecule has 0 aliphatic carbocycles. The highest BCUT2D eigenvalue weighted by Crippen LogP contribution is 2.33. The third-order valence-corrected chi connectivity index (χ3v) is 3.36. The van der Waals surface area contributed by atoms with Gasteiger partial charge in [0.05, 0.1) is 25.0 Å². The molecular weight excluding hydrogens is 249 g/mol. The van der Waals surface area contributed by atoms with E-state index in [0.717, 1.165) is 19.4 Å². The highest BCUT2D eigenvalue weighted by Gasteiger charge is 2.21. The number of benzene rings is 1. The van der Waals surface area contributed by atoms with Crippen LogP contribution in [0.5, 0.6) is 5.75 Å². The summed E-state index contributed by atoms with van der Waals surface area (Å²) in [6, 6.07) is 3.32. The maximum absolute atomic E-state index is 14.2. The standard InChI is InChI=1S/C13H18FN3O2/c1-19-13-10(15)2-3-11(12(13)14)17-6-4-16(5-7-17)8-9-18/h2-3,9H,4-8,15H2,1H3. The minimum Gasteiger partial charge on any atom is -0.492 e. The maximum atomic E-state index is 14.2. The quantitative estimate of drug-likeness (QED) is 0.644. The van der Waals surface area contributed by atoms with Crippen LogP contribution in [-0.2, 0) is 4.79 Å². The number of ether oxygens (including phenoxy) is 1. The van der Waals surface area contributed by atoms with Crippen molar-refractivity contribution >= 4 is 17.7 Å². The van der Waals surface area contributed by atoms with E-state index in [9.17, 15) is 9.18 Å². The van der Waals surface area contributed by atoms with Crippen molar-refractivity contribution in [1.29, 1.82) is 0 Å². The van der Waals surface area contributed by atoms with Crippen LogP contribution in [0.15, 0.2) is 12.1 Å². The van der Waals surface area contributed by atoms with E-state index < -0.39 is 5.82 Å². The summed E-state index contributed by atoms with van der Waals surface area (Å²) in [6.07, 6.45) is 0.891. The molecule has 0 radical (unpaired) electrons. The molecule has 0 spiro atoms. The Morgan fingerprint density at radius 1 is 1.37 bits per heavy atom. The first kappa shape index (κ1) is 13.6. The number of aldehydes is 1. The number of nitrogens with zero attached hydrogens (tertiary/aromatic N) is 2. The Kier molecular flexibility index (Phi) is 4.21. The summed E-state index contributed by atoms with van der Waals surface area (Å²) in [4.78, 5) is 14.4. The predicted molar refractivity (Wildman–Crippen MR) is 72.1 cm³/mol. The summed E-state index contributed by atoms with van der Waals surface area (Å²) in [5.41, 5.74) is 6.45. The number of halogens is 1. The van der Waals surface area contributed by atoms with Gasteiger partial charge in [-0.15, -0.1) is 0 Å². The molecule has 1 aliphatic heterocycles.